The standard InChI is InChI=1S/C57H113NO5/c1-4-7-10-13-16-19-22-24-26-27-28-30-32-35-38-41-44-47-50-57(62)63-53(48-45-42-39-36-34-31-29-25-23-20-17-14-11-8-5-2)51-56(61)58-54(52-59)55(60)49-46-43-40-37-33-21-18-15-12-9-6-3/h53-55,59-60H,4-52H2,1-3H3,(H,58,61). The largest absolute Gasteiger partial charge is 0.462 e. The zero-order chi connectivity index (χ0) is 45.9. The fourth-order valence-corrected chi connectivity index (χ4v) is 9.32. The highest BCUT2D eigenvalue weighted by molar-refractivity contribution is 5.77. The Kier molecular flexibility index (Phi) is 50.9. The smallest absolute Gasteiger partial charge is 0.306 e. The molecule has 0 aromatic heterocycles. The molecule has 0 rings (SSSR count). The van der Waals surface area contributed by atoms with Gasteiger partial charge in [0.25, 0.3) is 0 Å². The fourth-order valence-electron chi connectivity index (χ4n) is 9.32. The van der Waals surface area contributed by atoms with Crippen LogP contribution < -0.4 is 5.32 Å². The highest BCUT2D eigenvalue weighted by Gasteiger charge is 2.24. The number of carbonyl (C=O) groups is 2. The van der Waals surface area contributed by atoms with E-state index in [1.54, 1.807) is 0 Å². The summed E-state index contributed by atoms with van der Waals surface area (Å²) in [6, 6.07) is -0.692. The van der Waals surface area contributed by atoms with Crippen LogP contribution in [0.25, 0.3) is 0 Å². The van der Waals surface area contributed by atoms with E-state index in [1.807, 2.05) is 0 Å². The van der Waals surface area contributed by atoms with Crippen molar-refractivity contribution < 1.29 is 24.5 Å². The summed E-state index contributed by atoms with van der Waals surface area (Å²) in [4.78, 5) is 26.2. The molecule has 0 aromatic carbocycles. The monoisotopic (exact) mass is 892 g/mol. The number of aliphatic hydroxyl groups is 2. The molecule has 0 spiro atoms. The molecule has 0 saturated carbocycles. The van der Waals surface area contributed by atoms with Gasteiger partial charge in [-0.1, -0.05) is 290 Å². The summed E-state index contributed by atoms with van der Waals surface area (Å²) >= 11 is 0. The van der Waals surface area contributed by atoms with Crippen LogP contribution in [0.1, 0.15) is 329 Å². The minimum absolute atomic E-state index is 0.0884. The van der Waals surface area contributed by atoms with Gasteiger partial charge in [-0.2, -0.15) is 0 Å². The molecular weight excluding hydrogens is 779 g/mol. The summed E-state index contributed by atoms with van der Waals surface area (Å²) in [6.45, 7) is 6.53. The molecular formula is C57H113NO5. The Bertz CT molecular complexity index is 913. The number of unbranched alkanes of at least 4 members (excludes halogenated alkanes) is 41. The Morgan fingerprint density at radius 2 is 0.667 bits per heavy atom. The van der Waals surface area contributed by atoms with Crippen LogP contribution in [0.15, 0.2) is 0 Å². The van der Waals surface area contributed by atoms with Gasteiger partial charge in [0.05, 0.1) is 25.2 Å². The van der Waals surface area contributed by atoms with E-state index in [-0.39, 0.29) is 24.9 Å². The Labute approximate surface area is 394 Å². The molecule has 0 aliphatic heterocycles. The molecule has 0 aliphatic carbocycles. The molecule has 376 valence electrons. The highest BCUT2D eigenvalue weighted by atomic mass is 16.5. The van der Waals surface area contributed by atoms with Gasteiger partial charge < -0.3 is 20.3 Å². The summed E-state index contributed by atoms with van der Waals surface area (Å²) in [7, 11) is 0. The van der Waals surface area contributed by atoms with Crippen LogP contribution in [0, 0.1) is 0 Å². The lowest BCUT2D eigenvalue weighted by atomic mass is 10.0. The average Bonchev–Trinajstić information content (AvgIpc) is 3.28. The van der Waals surface area contributed by atoms with E-state index in [0.29, 0.717) is 19.3 Å². The van der Waals surface area contributed by atoms with E-state index in [4.69, 9.17) is 4.74 Å². The lowest BCUT2D eigenvalue weighted by molar-refractivity contribution is -0.151. The number of amides is 1. The third-order valence-corrected chi connectivity index (χ3v) is 13.7. The van der Waals surface area contributed by atoms with Gasteiger partial charge in [0.2, 0.25) is 5.91 Å². The first kappa shape index (κ1) is 61.9. The fraction of sp³-hybridized carbons (Fsp3) is 0.965. The second kappa shape index (κ2) is 51.8. The van der Waals surface area contributed by atoms with Crippen molar-refractivity contribution in [3.05, 3.63) is 0 Å². The summed E-state index contributed by atoms with van der Waals surface area (Å²) in [5.41, 5.74) is 0. The SMILES string of the molecule is CCCCCCCCCCCCCCCCCCCCC(=O)OC(CCCCCCCCCCCCCCCCC)CC(=O)NC(CO)C(O)CCCCCCCCCCCCC. The van der Waals surface area contributed by atoms with Crippen LogP contribution >= 0.6 is 0 Å². The molecule has 0 fully saturated rings. The molecule has 0 heterocycles. The van der Waals surface area contributed by atoms with Gasteiger partial charge in [-0.25, -0.2) is 0 Å². The maximum atomic E-state index is 13.2. The predicted molar refractivity (Wildman–Crippen MR) is 274 cm³/mol. The quantitative estimate of drug-likeness (QED) is 0.0418. The zero-order valence-electron chi connectivity index (χ0n) is 43.0. The molecule has 3 atom stereocenters. The maximum Gasteiger partial charge on any atom is 0.306 e. The van der Waals surface area contributed by atoms with E-state index in [2.05, 4.69) is 26.1 Å². The number of hydrogen-bond donors (Lipinski definition) is 3. The molecule has 1 amide bonds. The third-order valence-electron chi connectivity index (χ3n) is 13.7. The summed E-state index contributed by atoms with van der Waals surface area (Å²) in [6.07, 6.45) is 57.4. The van der Waals surface area contributed by atoms with Gasteiger partial charge in [-0.15, -0.1) is 0 Å². The van der Waals surface area contributed by atoms with Gasteiger partial charge in [0, 0.05) is 6.42 Å². The minimum Gasteiger partial charge on any atom is -0.462 e. The van der Waals surface area contributed by atoms with Crippen molar-refractivity contribution in [3.63, 3.8) is 0 Å². The number of ether oxygens (including phenoxy) is 1. The Morgan fingerprint density at radius 1 is 0.397 bits per heavy atom. The van der Waals surface area contributed by atoms with Gasteiger partial charge in [-0.3, -0.25) is 9.59 Å². The highest BCUT2D eigenvalue weighted by Crippen LogP contribution is 2.19. The van der Waals surface area contributed by atoms with Crippen molar-refractivity contribution in [3.8, 4) is 0 Å². The molecule has 0 aliphatic rings. The van der Waals surface area contributed by atoms with Gasteiger partial charge in [0.15, 0.2) is 0 Å². The normalized spacial score (nSPS) is 13.0. The van der Waals surface area contributed by atoms with E-state index in [0.717, 1.165) is 38.5 Å². The molecule has 6 heteroatoms. The number of aliphatic hydroxyl groups excluding tert-OH is 2. The van der Waals surface area contributed by atoms with Crippen LogP contribution in [-0.2, 0) is 14.3 Å². The lowest BCUT2D eigenvalue weighted by Crippen LogP contribution is -2.46. The van der Waals surface area contributed by atoms with Crippen molar-refractivity contribution >= 4 is 11.9 Å². The van der Waals surface area contributed by atoms with E-state index < -0.39 is 18.2 Å². The molecule has 0 bridgehead atoms. The second-order valence-corrected chi connectivity index (χ2v) is 20.1. The van der Waals surface area contributed by atoms with Gasteiger partial charge >= 0.3 is 5.97 Å². The van der Waals surface area contributed by atoms with Crippen LogP contribution in [0.5, 0.6) is 0 Å². The third kappa shape index (κ3) is 47.2. The van der Waals surface area contributed by atoms with Crippen molar-refractivity contribution in [1.82, 2.24) is 5.32 Å². The first-order valence-electron chi connectivity index (χ1n) is 28.8. The zero-order valence-corrected chi connectivity index (χ0v) is 43.0. The number of hydrogen-bond acceptors (Lipinski definition) is 5. The Morgan fingerprint density at radius 3 is 0.968 bits per heavy atom. The Hall–Kier alpha value is -1.14. The van der Waals surface area contributed by atoms with E-state index in [9.17, 15) is 19.8 Å². The lowest BCUT2D eigenvalue weighted by Gasteiger charge is -2.24. The van der Waals surface area contributed by atoms with E-state index in [1.165, 1.54) is 244 Å². The van der Waals surface area contributed by atoms with Crippen LogP contribution in [0.2, 0.25) is 0 Å². The maximum absolute atomic E-state index is 13.2. The number of carbonyl (C=O) groups excluding carboxylic acids is 2. The van der Waals surface area contributed by atoms with Gasteiger partial charge in [0.1, 0.15) is 6.10 Å². The second-order valence-electron chi connectivity index (χ2n) is 20.1. The summed E-state index contributed by atoms with van der Waals surface area (Å²) < 4.78 is 5.97. The van der Waals surface area contributed by atoms with Crippen LogP contribution in [0.3, 0.4) is 0 Å². The molecule has 63 heavy (non-hydrogen) atoms. The molecule has 0 radical (unpaired) electrons. The minimum atomic E-state index is -0.779. The first-order valence-corrected chi connectivity index (χ1v) is 28.8. The average molecular weight is 893 g/mol. The van der Waals surface area contributed by atoms with Crippen LogP contribution in [-0.4, -0.2) is 46.9 Å². The molecule has 3 unspecified atom stereocenters. The van der Waals surface area contributed by atoms with Crippen molar-refractivity contribution in [1.29, 1.82) is 0 Å². The summed E-state index contributed by atoms with van der Waals surface area (Å²) in [5, 5.41) is 23.8. The molecule has 6 nitrogen and oxygen atoms in total. The number of rotatable bonds is 53. The molecule has 3 N–H and O–H groups in total. The van der Waals surface area contributed by atoms with Gasteiger partial charge in [-0.05, 0) is 25.7 Å². The topological polar surface area (TPSA) is 95.9 Å². The molecule has 0 aromatic rings. The number of esters is 1. The number of nitrogens with one attached hydrogen (secondary N) is 1. The van der Waals surface area contributed by atoms with E-state index >= 15 is 0 Å². The van der Waals surface area contributed by atoms with Crippen molar-refractivity contribution in [2.75, 3.05) is 6.61 Å². The van der Waals surface area contributed by atoms with Crippen LogP contribution in [0.4, 0.5) is 0 Å². The summed E-state index contributed by atoms with van der Waals surface area (Å²) in [5.74, 6) is -0.445. The molecule has 0 saturated heterocycles. The van der Waals surface area contributed by atoms with Crippen molar-refractivity contribution in [2.24, 2.45) is 0 Å². The first-order chi connectivity index (χ1) is 31.0. The Balaban J connectivity index is 4.46. The predicted octanol–water partition coefficient (Wildman–Crippen LogP) is 17.5. The van der Waals surface area contributed by atoms with Crippen molar-refractivity contribution in [2.45, 2.75) is 347 Å².